The van der Waals surface area contributed by atoms with E-state index in [2.05, 4.69) is 22.5 Å². The van der Waals surface area contributed by atoms with Gasteiger partial charge in [-0.2, -0.15) is 0 Å². The summed E-state index contributed by atoms with van der Waals surface area (Å²) < 4.78 is 5.55. The quantitative estimate of drug-likeness (QED) is 0.613. The summed E-state index contributed by atoms with van der Waals surface area (Å²) in [6, 6.07) is 13.7. The first-order chi connectivity index (χ1) is 14.6. The van der Waals surface area contributed by atoms with Crippen molar-refractivity contribution >= 4 is 34.9 Å². The van der Waals surface area contributed by atoms with E-state index in [-0.39, 0.29) is 30.7 Å². The van der Waals surface area contributed by atoms with Gasteiger partial charge in [0.1, 0.15) is 12.4 Å². The van der Waals surface area contributed by atoms with Gasteiger partial charge in [-0.3, -0.25) is 9.59 Å². The smallest absolute Gasteiger partial charge is 0.319 e. The molecule has 8 nitrogen and oxygen atoms in total. The van der Waals surface area contributed by atoms with E-state index in [1.165, 1.54) is 0 Å². The zero-order valence-electron chi connectivity index (χ0n) is 16.5. The maximum absolute atomic E-state index is 12.6. The first kappa shape index (κ1) is 20.9. The van der Waals surface area contributed by atoms with Gasteiger partial charge in [-0.25, -0.2) is 4.79 Å². The van der Waals surface area contributed by atoms with Crippen LogP contribution in [0.2, 0.25) is 0 Å². The molecule has 0 radical (unpaired) electrons. The van der Waals surface area contributed by atoms with E-state index in [0.29, 0.717) is 36.8 Å². The summed E-state index contributed by atoms with van der Waals surface area (Å²) in [6.07, 6.45) is 1.76. The molecule has 30 heavy (non-hydrogen) atoms. The Morgan fingerprint density at radius 1 is 1.00 bits per heavy atom. The molecule has 0 fully saturated rings. The Kier molecular flexibility index (Phi) is 7.05. The maximum atomic E-state index is 12.6. The summed E-state index contributed by atoms with van der Waals surface area (Å²) >= 11 is 0. The summed E-state index contributed by atoms with van der Waals surface area (Å²) in [5, 5.41) is 8.04. The van der Waals surface area contributed by atoms with Crippen molar-refractivity contribution in [1.82, 2.24) is 5.32 Å². The number of carbonyl (C=O) groups excluding carboxylic acids is 3. The van der Waals surface area contributed by atoms with Gasteiger partial charge in [0.15, 0.2) is 0 Å². The number of rotatable bonds is 7. The van der Waals surface area contributed by atoms with Crippen LogP contribution in [0, 0.1) is 0 Å². The van der Waals surface area contributed by atoms with Crippen LogP contribution in [0.15, 0.2) is 61.2 Å². The van der Waals surface area contributed by atoms with E-state index < -0.39 is 0 Å². The number of hydrogen-bond donors (Lipinski definition) is 3. The average Bonchev–Trinajstić information content (AvgIpc) is 2.77. The summed E-state index contributed by atoms with van der Waals surface area (Å²) in [6.45, 7) is 4.80. The molecule has 3 rings (SSSR count). The van der Waals surface area contributed by atoms with Crippen molar-refractivity contribution in [3.63, 3.8) is 0 Å². The SMILES string of the molecule is C=CCNC(=O)Nc1ccc(NC(=O)CCC(=O)N2CCOc3ccccc32)cc1. The predicted octanol–water partition coefficient (Wildman–Crippen LogP) is 3.14. The second kappa shape index (κ2) is 10.1. The number of anilines is 3. The van der Waals surface area contributed by atoms with Crippen molar-refractivity contribution in [1.29, 1.82) is 0 Å². The molecule has 0 bridgehead atoms. The lowest BCUT2D eigenvalue weighted by Gasteiger charge is -2.29. The van der Waals surface area contributed by atoms with E-state index in [1.807, 2.05) is 24.3 Å². The maximum Gasteiger partial charge on any atom is 0.319 e. The molecule has 0 unspecified atom stereocenters. The third-order valence-corrected chi connectivity index (χ3v) is 4.43. The molecule has 0 saturated heterocycles. The molecule has 1 aliphatic heterocycles. The largest absolute Gasteiger partial charge is 0.490 e. The Morgan fingerprint density at radius 2 is 1.70 bits per heavy atom. The number of carbonyl (C=O) groups is 3. The van der Waals surface area contributed by atoms with E-state index in [4.69, 9.17) is 4.74 Å². The minimum absolute atomic E-state index is 0.0717. The number of urea groups is 1. The highest BCUT2D eigenvalue weighted by atomic mass is 16.5. The molecule has 8 heteroatoms. The molecule has 0 saturated carbocycles. The van der Waals surface area contributed by atoms with Gasteiger partial charge >= 0.3 is 6.03 Å². The normalized spacial score (nSPS) is 12.2. The second-order valence-electron chi connectivity index (χ2n) is 6.61. The van der Waals surface area contributed by atoms with Crippen molar-refractivity contribution in [3.8, 4) is 5.75 Å². The standard InChI is InChI=1S/C22H24N4O4/c1-2-13-23-22(29)25-17-9-7-16(8-10-17)24-20(27)11-12-21(28)26-14-15-30-19-6-4-3-5-18(19)26/h2-10H,1,11-15H2,(H,24,27)(H2,23,25,29). The van der Waals surface area contributed by atoms with E-state index in [9.17, 15) is 14.4 Å². The number of nitrogens with zero attached hydrogens (tertiary/aromatic N) is 1. The zero-order chi connectivity index (χ0) is 21.3. The Balaban J connectivity index is 1.47. The molecule has 2 aromatic carbocycles. The van der Waals surface area contributed by atoms with Gasteiger partial charge in [-0.05, 0) is 36.4 Å². The molecule has 0 atom stereocenters. The highest BCUT2D eigenvalue weighted by Gasteiger charge is 2.23. The lowest BCUT2D eigenvalue weighted by Crippen LogP contribution is -2.38. The van der Waals surface area contributed by atoms with E-state index >= 15 is 0 Å². The summed E-state index contributed by atoms with van der Waals surface area (Å²) in [4.78, 5) is 38.1. The molecular formula is C22H24N4O4. The van der Waals surface area contributed by atoms with E-state index in [0.717, 1.165) is 5.69 Å². The second-order valence-corrected chi connectivity index (χ2v) is 6.61. The molecule has 2 aromatic rings. The van der Waals surface area contributed by atoms with Crippen LogP contribution in [0.25, 0.3) is 0 Å². The lowest BCUT2D eigenvalue weighted by molar-refractivity contribution is -0.122. The molecule has 4 amide bonds. The van der Waals surface area contributed by atoms with Gasteiger partial charge < -0.3 is 25.6 Å². The number of fused-ring (bicyclic) bond motifs is 1. The third kappa shape index (κ3) is 5.60. The first-order valence-electron chi connectivity index (χ1n) is 9.64. The van der Waals surface area contributed by atoms with Crippen LogP contribution in [0.5, 0.6) is 5.75 Å². The van der Waals surface area contributed by atoms with Crippen molar-refractivity contribution in [2.45, 2.75) is 12.8 Å². The molecular weight excluding hydrogens is 384 g/mol. The number of ether oxygens (including phenoxy) is 1. The van der Waals surface area contributed by atoms with Crippen LogP contribution < -0.4 is 25.6 Å². The van der Waals surface area contributed by atoms with Crippen LogP contribution in [-0.2, 0) is 9.59 Å². The summed E-state index contributed by atoms with van der Waals surface area (Å²) in [5.41, 5.74) is 1.91. The van der Waals surface area contributed by atoms with Crippen LogP contribution in [-0.4, -0.2) is 37.5 Å². The fourth-order valence-electron chi connectivity index (χ4n) is 2.98. The van der Waals surface area contributed by atoms with E-state index in [1.54, 1.807) is 35.2 Å². The van der Waals surface area contributed by atoms with Gasteiger partial charge in [0.25, 0.3) is 0 Å². The molecule has 0 spiro atoms. The molecule has 0 aliphatic carbocycles. The third-order valence-electron chi connectivity index (χ3n) is 4.43. The lowest BCUT2D eigenvalue weighted by atomic mass is 10.2. The van der Waals surface area contributed by atoms with Crippen LogP contribution in [0.3, 0.4) is 0 Å². The van der Waals surface area contributed by atoms with Crippen molar-refractivity contribution in [2.75, 3.05) is 35.2 Å². The van der Waals surface area contributed by atoms with Crippen molar-refractivity contribution in [2.24, 2.45) is 0 Å². The Labute approximate surface area is 174 Å². The first-order valence-corrected chi connectivity index (χ1v) is 9.64. The van der Waals surface area contributed by atoms with Crippen molar-refractivity contribution in [3.05, 3.63) is 61.2 Å². The minimum Gasteiger partial charge on any atom is -0.490 e. The molecule has 3 N–H and O–H groups in total. The fourth-order valence-corrected chi connectivity index (χ4v) is 2.98. The zero-order valence-corrected chi connectivity index (χ0v) is 16.5. The number of benzene rings is 2. The van der Waals surface area contributed by atoms with Gasteiger partial charge in [-0.15, -0.1) is 6.58 Å². The van der Waals surface area contributed by atoms with Gasteiger partial charge in [0.2, 0.25) is 11.8 Å². The number of hydrogen-bond acceptors (Lipinski definition) is 4. The van der Waals surface area contributed by atoms with Gasteiger partial charge in [-0.1, -0.05) is 18.2 Å². The summed E-state index contributed by atoms with van der Waals surface area (Å²) in [5.74, 6) is 0.300. The topological polar surface area (TPSA) is 99.8 Å². The number of para-hydroxylation sites is 2. The van der Waals surface area contributed by atoms with Crippen LogP contribution in [0.1, 0.15) is 12.8 Å². The van der Waals surface area contributed by atoms with Crippen LogP contribution >= 0.6 is 0 Å². The molecule has 1 aliphatic rings. The molecule has 1 heterocycles. The Morgan fingerprint density at radius 3 is 2.43 bits per heavy atom. The average molecular weight is 408 g/mol. The highest BCUT2D eigenvalue weighted by Crippen LogP contribution is 2.31. The molecule has 0 aromatic heterocycles. The molecule has 156 valence electrons. The monoisotopic (exact) mass is 408 g/mol. The number of amides is 4. The predicted molar refractivity (Wildman–Crippen MR) is 116 cm³/mol. The van der Waals surface area contributed by atoms with Gasteiger partial charge in [0, 0.05) is 30.8 Å². The Hall–Kier alpha value is -3.81. The van der Waals surface area contributed by atoms with Crippen molar-refractivity contribution < 1.29 is 19.1 Å². The van der Waals surface area contributed by atoms with Crippen LogP contribution in [0.4, 0.5) is 21.9 Å². The fraction of sp³-hybridized carbons (Fsp3) is 0.227. The number of nitrogens with one attached hydrogen (secondary N) is 3. The summed E-state index contributed by atoms with van der Waals surface area (Å²) in [7, 11) is 0. The van der Waals surface area contributed by atoms with Gasteiger partial charge in [0.05, 0.1) is 12.2 Å². The Bertz CT molecular complexity index is 927. The minimum atomic E-state index is -0.338. The highest BCUT2D eigenvalue weighted by molar-refractivity contribution is 5.99.